The number of carbonyl (C=O) groups excluding carboxylic acids is 2. The number of likely N-dealkylation sites (tertiary alicyclic amines) is 1. The molecule has 0 aromatic heterocycles. The van der Waals surface area contributed by atoms with Crippen molar-refractivity contribution in [3.63, 3.8) is 0 Å². The van der Waals surface area contributed by atoms with Crippen LogP contribution in [0.15, 0.2) is 78.9 Å². The van der Waals surface area contributed by atoms with E-state index in [1.807, 2.05) is 56.3 Å². The molecular weight excluding hydrogens is 530 g/mol. The fraction of sp³-hybridized carbons (Fsp3) is 0.382. The molecule has 8 nitrogen and oxygen atoms in total. The van der Waals surface area contributed by atoms with Crippen molar-refractivity contribution in [2.45, 2.75) is 57.2 Å². The highest BCUT2D eigenvalue weighted by atomic mass is 16.5. The highest BCUT2D eigenvalue weighted by molar-refractivity contribution is 5.90. The van der Waals surface area contributed by atoms with Gasteiger partial charge in [0.2, 0.25) is 5.91 Å². The monoisotopic (exact) mass is 569 g/mol. The predicted molar refractivity (Wildman–Crippen MR) is 161 cm³/mol. The van der Waals surface area contributed by atoms with Gasteiger partial charge in [0.15, 0.2) is 0 Å². The van der Waals surface area contributed by atoms with Gasteiger partial charge in [-0.05, 0) is 54.5 Å². The molecule has 1 aliphatic heterocycles. The van der Waals surface area contributed by atoms with Crippen molar-refractivity contribution in [3.8, 4) is 11.1 Å². The van der Waals surface area contributed by atoms with E-state index in [0.29, 0.717) is 25.9 Å². The number of carboxylic acids is 1. The standard InChI is InChI=1S/C34H39N3O5/c1-24(2)37(19-16-31(38)39)32(40)34(17-20-36(21-18-34)22-25-10-4-3-5-11-25)35-33(41)42-23-30-28-14-8-6-12-26(28)27-13-7-9-15-29(27)30/h3-15,24,30H,16-23H2,1-2H3,(H,35,41)(H,38,39). The summed E-state index contributed by atoms with van der Waals surface area (Å²) in [5.41, 5.74) is 4.53. The highest BCUT2D eigenvalue weighted by Gasteiger charge is 2.46. The second-order valence-corrected chi connectivity index (χ2v) is 11.5. The van der Waals surface area contributed by atoms with E-state index in [-0.39, 0.29) is 37.4 Å². The van der Waals surface area contributed by atoms with Gasteiger partial charge in [-0.15, -0.1) is 0 Å². The van der Waals surface area contributed by atoms with Crippen LogP contribution in [0.1, 0.15) is 55.7 Å². The third kappa shape index (κ3) is 6.34. The van der Waals surface area contributed by atoms with Crippen LogP contribution in [0, 0.1) is 0 Å². The van der Waals surface area contributed by atoms with E-state index in [0.717, 1.165) is 28.8 Å². The first-order valence-electron chi connectivity index (χ1n) is 14.7. The molecular formula is C34H39N3O5. The maximum atomic E-state index is 14.1. The number of aliphatic carboxylic acids is 1. The van der Waals surface area contributed by atoms with E-state index in [2.05, 4.69) is 46.6 Å². The average Bonchev–Trinajstić information content (AvgIpc) is 3.31. The van der Waals surface area contributed by atoms with Crippen molar-refractivity contribution in [1.29, 1.82) is 0 Å². The molecule has 220 valence electrons. The van der Waals surface area contributed by atoms with E-state index in [1.54, 1.807) is 4.90 Å². The molecule has 1 fully saturated rings. The smallest absolute Gasteiger partial charge is 0.408 e. The quantitative estimate of drug-likeness (QED) is 0.345. The van der Waals surface area contributed by atoms with E-state index < -0.39 is 17.6 Å². The van der Waals surface area contributed by atoms with Crippen molar-refractivity contribution in [2.75, 3.05) is 26.2 Å². The minimum absolute atomic E-state index is 0.0771. The van der Waals surface area contributed by atoms with Crippen LogP contribution in [0.5, 0.6) is 0 Å². The molecule has 0 radical (unpaired) electrons. The topological polar surface area (TPSA) is 99.2 Å². The molecule has 3 aromatic carbocycles. The van der Waals surface area contributed by atoms with Crippen molar-refractivity contribution >= 4 is 18.0 Å². The number of ether oxygens (including phenoxy) is 1. The Bertz CT molecular complexity index is 1370. The zero-order valence-electron chi connectivity index (χ0n) is 24.3. The molecule has 1 heterocycles. The first kappa shape index (κ1) is 29.3. The van der Waals surface area contributed by atoms with Crippen molar-refractivity contribution < 1.29 is 24.2 Å². The van der Waals surface area contributed by atoms with Gasteiger partial charge >= 0.3 is 12.1 Å². The molecule has 2 N–H and O–H groups in total. The molecule has 0 spiro atoms. The number of benzene rings is 3. The summed E-state index contributed by atoms with van der Waals surface area (Å²) in [6.45, 7) is 5.93. The van der Waals surface area contributed by atoms with Crippen LogP contribution < -0.4 is 5.32 Å². The Morgan fingerprint density at radius 1 is 0.929 bits per heavy atom. The van der Waals surface area contributed by atoms with Crippen LogP contribution in [0.2, 0.25) is 0 Å². The summed E-state index contributed by atoms with van der Waals surface area (Å²) < 4.78 is 5.85. The van der Waals surface area contributed by atoms with Crippen LogP contribution in [0.25, 0.3) is 11.1 Å². The number of piperidine rings is 1. The maximum Gasteiger partial charge on any atom is 0.408 e. The Labute approximate surface area is 247 Å². The summed E-state index contributed by atoms with van der Waals surface area (Å²) in [7, 11) is 0. The fourth-order valence-corrected chi connectivity index (χ4v) is 6.24. The zero-order valence-corrected chi connectivity index (χ0v) is 24.3. The Balaban J connectivity index is 1.32. The van der Waals surface area contributed by atoms with Gasteiger partial charge in [-0.3, -0.25) is 14.5 Å². The summed E-state index contributed by atoms with van der Waals surface area (Å²) in [5, 5.41) is 12.3. The third-order valence-corrected chi connectivity index (χ3v) is 8.50. The van der Waals surface area contributed by atoms with Gasteiger partial charge in [0.25, 0.3) is 0 Å². The lowest BCUT2D eigenvalue weighted by Crippen LogP contribution is -2.64. The zero-order chi connectivity index (χ0) is 29.7. The minimum atomic E-state index is -1.18. The van der Waals surface area contributed by atoms with Gasteiger partial charge < -0.3 is 20.1 Å². The Morgan fingerprint density at radius 3 is 2.07 bits per heavy atom. The molecule has 8 heteroatoms. The number of amides is 2. The van der Waals surface area contributed by atoms with Gasteiger partial charge in [0, 0.05) is 38.1 Å². The van der Waals surface area contributed by atoms with Crippen LogP contribution in [-0.4, -0.2) is 70.7 Å². The van der Waals surface area contributed by atoms with Crippen LogP contribution in [-0.2, 0) is 20.9 Å². The van der Waals surface area contributed by atoms with Gasteiger partial charge in [-0.2, -0.15) is 0 Å². The summed E-state index contributed by atoms with van der Waals surface area (Å²) in [4.78, 5) is 42.7. The number of carboxylic acid groups (broad SMARTS) is 1. The third-order valence-electron chi connectivity index (χ3n) is 8.50. The molecule has 3 aromatic rings. The number of nitrogens with zero attached hydrogens (tertiary/aromatic N) is 2. The number of hydrogen-bond acceptors (Lipinski definition) is 5. The number of nitrogens with one attached hydrogen (secondary N) is 1. The van der Waals surface area contributed by atoms with Crippen LogP contribution in [0.3, 0.4) is 0 Å². The maximum absolute atomic E-state index is 14.1. The number of carbonyl (C=O) groups is 3. The highest BCUT2D eigenvalue weighted by Crippen LogP contribution is 2.44. The van der Waals surface area contributed by atoms with E-state index in [1.165, 1.54) is 5.56 Å². The molecule has 5 rings (SSSR count). The molecule has 1 saturated heterocycles. The minimum Gasteiger partial charge on any atom is -0.481 e. The van der Waals surface area contributed by atoms with Crippen molar-refractivity contribution in [1.82, 2.24) is 15.1 Å². The molecule has 1 aliphatic carbocycles. The number of hydrogen-bond donors (Lipinski definition) is 2. The largest absolute Gasteiger partial charge is 0.481 e. The van der Waals surface area contributed by atoms with Gasteiger partial charge in [0.05, 0.1) is 6.42 Å². The molecule has 42 heavy (non-hydrogen) atoms. The Hall–Kier alpha value is -4.17. The predicted octanol–water partition coefficient (Wildman–Crippen LogP) is 5.27. The van der Waals surface area contributed by atoms with Crippen molar-refractivity contribution in [3.05, 3.63) is 95.6 Å². The number of fused-ring (bicyclic) bond motifs is 3. The molecule has 2 amide bonds. The van der Waals surface area contributed by atoms with E-state index in [4.69, 9.17) is 4.74 Å². The second kappa shape index (κ2) is 12.8. The SMILES string of the molecule is CC(C)N(CCC(=O)O)C(=O)C1(NC(=O)OCC2c3ccccc3-c3ccccc32)CCN(Cc2ccccc2)CC1. The summed E-state index contributed by atoms with van der Waals surface area (Å²) in [6.07, 6.45) is 0.00675. The van der Waals surface area contributed by atoms with Gasteiger partial charge in [0.1, 0.15) is 12.1 Å². The molecule has 0 bridgehead atoms. The lowest BCUT2D eigenvalue weighted by atomic mass is 9.85. The number of alkyl carbamates (subject to hydrolysis) is 1. The molecule has 2 aliphatic rings. The molecule has 0 saturated carbocycles. The van der Waals surface area contributed by atoms with Gasteiger partial charge in [-0.25, -0.2) is 4.79 Å². The second-order valence-electron chi connectivity index (χ2n) is 11.5. The normalized spacial score (nSPS) is 16.0. The lowest BCUT2D eigenvalue weighted by Gasteiger charge is -2.44. The summed E-state index contributed by atoms with van der Waals surface area (Å²) >= 11 is 0. The van der Waals surface area contributed by atoms with Crippen LogP contribution >= 0.6 is 0 Å². The molecule has 0 atom stereocenters. The lowest BCUT2D eigenvalue weighted by molar-refractivity contribution is -0.144. The average molecular weight is 570 g/mol. The summed E-state index contributed by atoms with van der Waals surface area (Å²) in [6, 6.07) is 26.2. The number of rotatable bonds is 10. The molecule has 0 unspecified atom stereocenters. The fourth-order valence-electron chi connectivity index (χ4n) is 6.24. The Morgan fingerprint density at radius 2 is 1.50 bits per heavy atom. The van der Waals surface area contributed by atoms with E-state index >= 15 is 0 Å². The van der Waals surface area contributed by atoms with Crippen molar-refractivity contribution in [2.24, 2.45) is 0 Å². The summed E-state index contributed by atoms with van der Waals surface area (Å²) in [5.74, 6) is -1.32. The first-order chi connectivity index (χ1) is 20.3. The van der Waals surface area contributed by atoms with Crippen LogP contribution in [0.4, 0.5) is 4.79 Å². The van der Waals surface area contributed by atoms with E-state index in [9.17, 15) is 19.5 Å². The van der Waals surface area contributed by atoms with Gasteiger partial charge in [-0.1, -0.05) is 78.9 Å². The first-order valence-corrected chi connectivity index (χ1v) is 14.7. The Kier molecular flexibility index (Phi) is 8.92.